The fraction of sp³-hybridized carbons (Fsp3) is 0.333. The summed E-state index contributed by atoms with van der Waals surface area (Å²) in [6.07, 6.45) is 4.81. The Bertz CT molecular complexity index is 378. The molecule has 0 N–H and O–H groups in total. The molecule has 0 saturated heterocycles. The molecule has 0 aromatic heterocycles. The van der Waals surface area contributed by atoms with Crippen molar-refractivity contribution in [1.82, 2.24) is 4.90 Å². The van der Waals surface area contributed by atoms with Gasteiger partial charge in [-0.2, -0.15) is 0 Å². The Morgan fingerprint density at radius 2 is 2.00 bits per heavy atom. The van der Waals surface area contributed by atoms with Crippen molar-refractivity contribution in [2.45, 2.75) is 13.3 Å². The lowest BCUT2D eigenvalue weighted by Crippen LogP contribution is -2.13. The highest BCUT2D eigenvalue weighted by molar-refractivity contribution is 5.71. The second-order valence-electron chi connectivity index (χ2n) is 4.06. The van der Waals surface area contributed by atoms with E-state index in [9.17, 15) is 4.39 Å². The standard InChI is InChI=1S/C15H20FN/c1-4-14-5-7-15(8-6-14)13(2)9-11-17(3)12-10-16/h5-9,11H,2,4,10,12H2,1,3H3/b11-9-. The third-order valence-corrected chi connectivity index (χ3v) is 2.70. The first-order chi connectivity index (χ1) is 8.17. The van der Waals surface area contributed by atoms with E-state index in [-0.39, 0.29) is 6.67 Å². The third-order valence-electron chi connectivity index (χ3n) is 2.70. The molecule has 0 aliphatic carbocycles. The summed E-state index contributed by atoms with van der Waals surface area (Å²) >= 11 is 0. The van der Waals surface area contributed by atoms with Gasteiger partial charge >= 0.3 is 0 Å². The normalized spacial score (nSPS) is 10.8. The van der Waals surface area contributed by atoms with Gasteiger partial charge in [0.1, 0.15) is 6.67 Å². The molecule has 1 nitrogen and oxygen atoms in total. The minimum atomic E-state index is -0.335. The van der Waals surface area contributed by atoms with E-state index < -0.39 is 0 Å². The van der Waals surface area contributed by atoms with Crippen molar-refractivity contribution in [3.63, 3.8) is 0 Å². The van der Waals surface area contributed by atoms with Crippen LogP contribution in [-0.2, 0) is 6.42 Å². The molecule has 2 heteroatoms. The second-order valence-corrected chi connectivity index (χ2v) is 4.06. The van der Waals surface area contributed by atoms with E-state index in [0.29, 0.717) is 6.54 Å². The average molecular weight is 233 g/mol. The lowest BCUT2D eigenvalue weighted by Gasteiger charge is -2.11. The number of aryl methyl sites for hydroxylation is 1. The zero-order chi connectivity index (χ0) is 12.7. The van der Waals surface area contributed by atoms with Crippen LogP contribution in [0.15, 0.2) is 43.1 Å². The summed E-state index contributed by atoms with van der Waals surface area (Å²) in [5.41, 5.74) is 3.37. The first-order valence-corrected chi connectivity index (χ1v) is 5.90. The highest BCUT2D eigenvalue weighted by atomic mass is 19.1. The predicted octanol–water partition coefficient (Wildman–Crippen LogP) is 3.68. The first kappa shape index (κ1) is 13.5. The van der Waals surface area contributed by atoms with Crippen molar-refractivity contribution in [2.75, 3.05) is 20.3 Å². The van der Waals surface area contributed by atoms with Crippen LogP contribution in [0.1, 0.15) is 18.1 Å². The highest BCUT2D eigenvalue weighted by Gasteiger charge is 1.96. The molecule has 0 atom stereocenters. The van der Waals surface area contributed by atoms with Gasteiger partial charge in [-0.15, -0.1) is 0 Å². The fourth-order valence-electron chi connectivity index (χ4n) is 1.48. The molecule has 0 aliphatic rings. The SMILES string of the molecule is C=C(/C=C\N(C)CCF)c1ccc(CC)cc1. The summed E-state index contributed by atoms with van der Waals surface area (Å²) in [7, 11) is 1.85. The average Bonchev–Trinajstić information content (AvgIpc) is 2.36. The summed E-state index contributed by atoms with van der Waals surface area (Å²) in [4.78, 5) is 1.81. The topological polar surface area (TPSA) is 3.24 Å². The zero-order valence-electron chi connectivity index (χ0n) is 10.6. The van der Waals surface area contributed by atoms with Crippen LogP contribution in [0, 0.1) is 0 Å². The molecule has 1 aromatic carbocycles. The van der Waals surface area contributed by atoms with E-state index in [1.54, 1.807) is 0 Å². The Hall–Kier alpha value is -1.57. The van der Waals surface area contributed by atoms with E-state index in [4.69, 9.17) is 0 Å². The van der Waals surface area contributed by atoms with Crippen molar-refractivity contribution in [3.05, 3.63) is 54.2 Å². The Morgan fingerprint density at radius 1 is 1.35 bits per heavy atom. The van der Waals surface area contributed by atoms with E-state index in [2.05, 4.69) is 37.8 Å². The largest absolute Gasteiger partial charge is 0.378 e. The van der Waals surface area contributed by atoms with Crippen molar-refractivity contribution < 1.29 is 4.39 Å². The zero-order valence-corrected chi connectivity index (χ0v) is 10.6. The molecule has 0 radical (unpaired) electrons. The Balaban J connectivity index is 2.63. The highest BCUT2D eigenvalue weighted by Crippen LogP contribution is 2.15. The predicted molar refractivity (Wildman–Crippen MR) is 72.6 cm³/mol. The van der Waals surface area contributed by atoms with Crippen molar-refractivity contribution >= 4 is 5.57 Å². The third kappa shape index (κ3) is 4.43. The van der Waals surface area contributed by atoms with Crippen LogP contribution in [0.3, 0.4) is 0 Å². The lowest BCUT2D eigenvalue weighted by molar-refractivity contribution is 0.372. The van der Waals surface area contributed by atoms with Gasteiger partial charge in [0.25, 0.3) is 0 Å². The van der Waals surface area contributed by atoms with Gasteiger partial charge in [-0.1, -0.05) is 37.8 Å². The summed E-state index contributed by atoms with van der Waals surface area (Å²) < 4.78 is 12.1. The number of nitrogens with zero attached hydrogens (tertiary/aromatic N) is 1. The molecule has 0 aliphatic heterocycles. The van der Waals surface area contributed by atoms with E-state index in [1.807, 2.05) is 24.2 Å². The van der Waals surface area contributed by atoms with E-state index >= 15 is 0 Å². The van der Waals surface area contributed by atoms with Gasteiger partial charge < -0.3 is 4.90 Å². The van der Waals surface area contributed by atoms with Gasteiger partial charge in [-0.25, -0.2) is 4.39 Å². The number of halogens is 1. The quantitative estimate of drug-likeness (QED) is 0.677. The molecular formula is C15H20FN. The van der Waals surface area contributed by atoms with Crippen molar-refractivity contribution in [3.8, 4) is 0 Å². The number of allylic oxidation sites excluding steroid dienone is 2. The summed E-state index contributed by atoms with van der Waals surface area (Å²) in [5, 5.41) is 0. The van der Waals surface area contributed by atoms with Crippen LogP contribution in [0.5, 0.6) is 0 Å². The second kappa shape index (κ2) is 6.89. The van der Waals surface area contributed by atoms with Crippen LogP contribution >= 0.6 is 0 Å². The van der Waals surface area contributed by atoms with Crippen LogP contribution in [0.2, 0.25) is 0 Å². The molecule has 0 fully saturated rings. The number of hydrogen-bond donors (Lipinski definition) is 0. The lowest BCUT2D eigenvalue weighted by atomic mass is 10.0. The number of alkyl halides is 1. The van der Waals surface area contributed by atoms with Gasteiger partial charge in [-0.05, 0) is 35.4 Å². The van der Waals surface area contributed by atoms with Crippen molar-refractivity contribution in [2.24, 2.45) is 0 Å². The Morgan fingerprint density at radius 3 is 2.53 bits per heavy atom. The molecule has 0 unspecified atom stereocenters. The summed E-state index contributed by atoms with van der Waals surface area (Å²) in [5.74, 6) is 0. The number of rotatable bonds is 6. The molecule has 1 rings (SSSR count). The fourth-order valence-corrected chi connectivity index (χ4v) is 1.48. The first-order valence-electron chi connectivity index (χ1n) is 5.90. The molecule has 17 heavy (non-hydrogen) atoms. The minimum absolute atomic E-state index is 0.335. The number of hydrogen-bond acceptors (Lipinski definition) is 1. The molecule has 0 saturated carbocycles. The number of benzene rings is 1. The molecule has 1 aromatic rings. The maximum absolute atomic E-state index is 12.1. The van der Waals surface area contributed by atoms with Crippen LogP contribution in [0.4, 0.5) is 4.39 Å². The molecular weight excluding hydrogens is 213 g/mol. The molecule has 0 amide bonds. The van der Waals surface area contributed by atoms with E-state index in [1.165, 1.54) is 5.56 Å². The monoisotopic (exact) mass is 233 g/mol. The van der Waals surface area contributed by atoms with Gasteiger partial charge in [0, 0.05) is 13.6 Å². The Labute approximate surface area is 103 Å². The molecule has 0 spiro atoms. The molecule has 0 bridgehead atoms. The van der Waals surface area contributed by atoms with Gasteiger partial charge in [0.2, 0.25) is 0 Å². The van der Waals surface area contributed by atoms with Crippen LogP contribution < -0.4 is 0 Å². The maximum atomic E-state index is 12.1. The van der Waals surface area contributed by atoms with Gasteiger partial charge in [0.05, 0.1) is 0 Å². The van der Waals surface area contributed by atoms with Crippen molar-refractivity contribution in [1.29, 1.82) is 0 Å². The van der Waals surface area contributed by atoms with E-state index in [0.717, 1.165) is 17.6 Å². The maximum Gasteiger partial charge on any atom is 0.107 e. The van der Waals surface area contributed by atoms with Gasteiger partial charge in [-0.3, -0.25) is 0 Å². The smallest absolute Gasteiger partial charge is 0.107 e. The minimum Gasteiger partial charge on any atom is -0.378 e. The molecule has 0 heterocycles. The summed E-state index contributed by atoms with van der Waals surface area (Å²) in [6.45, 7) is 6.22. The van der Waals surface area contributed by atoms with Crippen LogP contribution in [0.25, 0.3) is 5.57 Å². The summed E-state index contributed by atoms with van der Waals surface area (Å²) in [6, 6.07) is 8.36. The van der Waals surface area contributed by atoms with Crippen LogP contribution in [-0.4, -0.2) is 25.2 Å². The Kier molecular flexibility index (Phi) is 5.47. The van der Waals surface area contributed by atoms with Gasteiger partial charge in [0.15, 0.2) is 0 Å². The molecule has 92 valence electrons.